The molecule has 0 aliphatic carbocycles. The highest BCUT2D eigenvalue weighted by Gasteiger charge is 2.22. The number of rotatable bonds is 9. The molecule has 1 heterocycles. The lowest BCUT2D eigenvalue weighted by Gasteiger charge is -2.13. The number of methoxy groups -OCH3 is 1. The van der Waals surface area contributed by atoms with Gasteiger partial charge in [0.05, 0.1) is 12.0 Å². The van der Waals surface area contributed by atoms with Gasteiger partial charge in [0.1, 0.15) is 23.3 Å². The Morgan fingerprint density at radius 2 is 1.83 bits per heavy atom. The third-order valence-corrected chi connectivity index (χ3v) is 5.96. The molecule has 1 aliphatic heterocycles. The molecule has 1 atom stereocenters. The van der Waals surface area contributed by atoms with Gasteiger partial charge in [-0.2, -0.15) is 0 Å². The van der Waals surface area contributed by atoms with Crippen LogP contribution in [-0.4, -0.2) is 30.6 Å². The predicted octanol–water partition coefficient (Wildman–Crippen LogP) is 5.16. The number of amides is 1. The molecular formula is C23H25NO4S2. The lowest BCUT2D eigenvalue weighted by molar-refractivity contribution is -0.115. The topological polar surface area (TPSA) is 56.8 Å². The molecule has 1 N–H and O–H groups in total. The van der Waals surface area contributed by atoms with Gasteiger partial charge in [-0.25, -0.2) is 0 Å². The van der Waals surface area contributed by atoms with Gasteiger partial charge in [0.2, 0.25) is 0 Å². The van der Waals surface area contributed by atoms with E-state index in [2.05, 4.69) is 31.3 Å². The van der Waals surface area contributed by atoms with Crippen molar-refractivity contribution >= 4 is 40.3 Å². The monoisotopic (exact) mass is 443 g/mol. The van der Waals surface area contributed by atoms with Gasteiger partial charge in [0.25, 0.3) is 5.91 Å². The summed E-state index contributed by atoms with van der Waals surface area (Å²) in [5.74, 6) is 2.40. The SMILES string of the molecule is CCC(C)c1ccc(OCCOc2ccc(/C=C3\SC(=S)NC3=O)cc2OC)cc1. The van der Waals surface area contributed by atoms with Crippen LogP contribution < -0.4 is 19.5 Å². The molecule has 1 fully saturated rings. The first-order valence-corrected chi connectivity index (χ1v) is 11.0. The molecule has 5 nitrogen and oxygen atoms in total. The highest BCUT2D eigenvalue weighted by Crippen LogP contribution is 2.31. The fourth-order valence-electron chi connectivity index (χ4n) is 2.91. The van der Waals surface area contributed by atoms with Gasteiger partial charge < -0.3 is 19.5 Å². The molecule has 30 heavy (non-hydrogen) atoms. The minimum absolute atomic E-state index is 0.182. The van der Waals surface area contributed by atoms with E-state index in [0.29, 0.717) is 39.9 Å². The Labute approximate surface area is 186 Å². The second-order valence-corrected chi connectivity index (χ2v) is 8.56. The number of nitrogens with one attached hydrogen (secondary N) is 1. The van der Waals surface area contributed by atoms with Gasteiger partial charge in [-0.3, -0.25) is 4.79 Å². The summed E-state index contributed by atoms with van der Waals surface area (Å²) in [6.07, 6.45) is 2.89. The third kappa shape index (κ3) is 5.77. The average Bonchev–Trinajstić information content (AvgIpc) is 3.08. The molecule has 0 spiro atoms. The first kappa shape index (κ1) is 22.2. The minimum atomic E-state index is -0.182. The van der Waals surface area contributed by atoms with Gasteiger partial charge in [-0.1, -0.05) is 56.0 Å². The van der Waals surface area contributed by atoms with E-state index in [1.807, 2.05) is 30.3 Å². The second kappa shape index (κ2) is 10.5. The molecule has 7 heteroatoms. The van der Waals surface area contributed by atoms with Crippen LogP contribution in [0.1, 0.15) is 37.3 Å². The number of benzene rings is 2. The van der Waals surface area contributed by atoms with E-state index < -0.39 is 0 Å². The van der Waals surface area contributed by atoms with Gasteiger partial charge in [-0.15, -0.1) is 0 Å². The van der Waals surface area contributed by atoms with E-state index in [1.165, 1.54) is 17.3 Å². The molecule has 1 saturated heterocycles. The smallest absolute Gasteiger partial charge is 0.263 e. The van der Waals surface area contributed by atoms with Crippen molar-refractivity contribution in [2.24, 2.45) is 0 Å². The maximum absolute atomic E-state index is 11.8. The molecule has 0 saturated carbocycles. The quantitative estimate of drug-likeness (QED) is 0.328. The number of hydrogen-bond donors (Lipinski definition) is 1. The highest BCUT2D eigenvalue weighted by atomic mass is 32.2. The molecule has 1 amide bonds. The van der Waals surface area contributed by atoms with Crippen LogP contribution in [0.4, 0.5) is 0 Å². The Kier molecular flexibility index (Phi) is 7.76. The molecule has 158 valence electrons. The fraction of sp³-hybridized carbons (Fsp3) is 0.304. The second-order valence-electron chi connectivity index (χ2n) is 6.84. The van der Waals surface area contributed by atoms with E-state index in [4.69, 9.17) is 26.4 Å². The lowest BCUT2D eigenvalue weighted by Crippen LogP contribution is -2.17. The summed E-state index contributed by atoms with van der Waals surface area (Å²) in [6, 6.07) is 13.7. The number of hydrogen-bond acceptors (Lipinski definition) is 6. The van der Waals surface area contributed by atoms with Crippen molar-refractivity contribution in [1.82, 2.24) is 5.32 Å². The normalized spacial score (nSPS) is 15.8. The summed E-state index contributed by atoms with van der Waals surface area (Å²) in [5.41, 5.74) is 2.15. The van der Waals surface area contributed by atoms with E-state index in [9.17, 15) is 4.79 Å². The number of carbonyl (C=O) groups excluding carboxylic acids is 1. The highest BCUT2D eigenvalue weighted by molar-refractivity contribution is 8.26. The van der Waals surface area contributed by atoms with E-state index in [-0.39, 0.29) is 5.91 Å². The Bertz CT molecular complexity index is 941. The first-order valence-electron chi connectivity index (χ1n) is 9.78. The zero-order valence-corrected chi connectivity index (χ0v) is 18.9. The molecule has 1 unspecified atom stereocenters. The first-order chi connectivity index (χ1) is 14.5. The van der Waals surface area contributed by atoms with Crippen LogP contribution in [0.3, 0.4) is 0 Å². The lowest BCUT2D eigenvalue weighted by atomic mass is 9.99. The van der Waals surface area contributed by atoms with Crippen molar-refractivity contribution in [1.29, 1.82) is 0 Å². The van der Waals surface area contributed by atoms with Crippen LogP contribution in [0, 0.1) is 0 Å². The average molecular weight is 444 g/mol. The largest absolute Gasteiger partial charge is 0.493 e. The van der Waals surface area contributed by atoms with Crippen molar-refractivity contribution < 1.29 is 19.0 Å². The van der Waals surface area contributed by atoms with Crippen molar-refractivity contribution in [3.8, 4) is 17.2 Å². The van der Waals surface area contributed by atoms with Crippen LogP contribution >= 0.6 is 24.0 Å². The summed E-state index contributed by atoms with van der Waals surface area (Å²) in [4.78, 5) is 12.4. The van der Waals surface area contributed by atoms with Crippen molar-refractivity contribution in [2.75, 3.05) is 20.3 Å². The van der Waals surface area contributed by atoms with Crippen molar-refractivity contribution in [3.63, 3.8) is 0 Å². The summed E-state index contributed by atoms with van der Waals surface area (Å²) in [6.45, 7) is 5.21. The Morgan fingerprint density at radius 3 is 2.47 bits per heavy atom. The molecule has 0 aromatic heterocycles. The maximum Gasteiger partial charge on any atom is 0.263 e. The standard InChI is InChI=1S/C23H25NO4S2/c1-4-15(2)17-6-8-18(9-7-17)27-11-12-28-19-10-5-16(13-20(19)26-3)14-21-22(25)24-23(29)30-21/h5-10,13-15H,4,11-12H2,1-3H3,(H,24,25,29)/b21-14-. The predicted molar refractivity (Wildman–Crippen MR) is 125 cm³/mol. The van der Waals surface area contributed by atoms with Gasteiger partial charge >= 0.3 is 0 Å². The van der Waals surface area contributed by atoms with Gasteiger partial charge in [0, 0.05) is 0 Å². The summed E-state index contributed by atoms with van der Waals surface area (Å²) in [7, 11) is 1.58. The van der Waals surface area contributed by atoms with Gasteiger partial charge in [0.15, 0.2) is 11.5 Å². The van der Waals surface area contributed by atoms with E-state index in [0.717, 1.165) is 17.7 Å². The number of carbonyl (C=O) groups is 1. The summed E-state index contributed by atoms with van der Waals surface area (Å²) >= 11 is 6.26. The van der Waals surface area contributed by atoms with Crippen LogP contribution in [0.15, 0.2) is 47.4 Å². The van der Waals surface area contributed by atoms with E-state index in [1.54, 1.807) is 13.2 Å². The summed E-state index contributed by atoms with van der Waals surface area (Å²) < 4.78 is 17.5. The Morgan fingerprint density at radius 1 is 1.10 bits per heavy atom. The summed E-state index contributed by atoms with van der Waals surface area (Å²) in [5, 5.41) is 2.60. The Hall–Kier alpha value is -2.51. The maximum atomic E-state index is 11.8. The molecule has 3 rings (SSSR count). The third-order valence-electron chi connectivity index (χ3n) is 4.80. The van der Waals surface area contributed by atoms with Crippen LogP contribution in [0.25, 0.3) is 6.08 Å². The Balaban J connectivity index is 1.54. The number of thioether (sulfide) groups is 1. The zero-order valence-electron chi connectivity index (χ0n) is 17.3. The minimum Gasteiger partial charge on any atom is -0.493 e. The molecule has 1 aliphatic rings. The number of ether oxygens (including phenoxy) is 3. The van der Waals surface area contributed by atoms with E-state index >= 15 is 0 Å². The fourth-order valence-corrected chi connectivity index (χ4v) is 3.95. The number of thiocarbonyl (C=S) groups is 1. The zero-order chi connectivity index (χ0) is 21.5. The van der Waals surface area contributed by atoms with Crippen LogP contribution in [-0.2, 0) is 4.79 Å². The molecule has 2 aromatic rings. The molecule has 0 bridgehead atoms. The van der Waals surface area contributed by atoms with Gasteiger partial charge in [-0.05, 0) is 53.8 Å². The van der Waals surface area contributed by atoms with Crippen LogP contribution in [0.5, 0.6) is 17.2 Å². The molecule has 2 aromatic carbocycles. The van der Waals surface area contributed by atoms with Crippen molar-refractivity contribution in [3.05, 3.63) is 58.5 Å². The molecular weight excluding hydrogens is 418 g/mol. The molecule has 0 radical (unpaired) electrons. The van der Waals surface area contributed by atoms with Crippen molar-refractivity contribution in [2.45, 2.75) is 26.2 Å². The van der Waals surface area contributed by atoms with Crippen LogP contribution in [0.2, 0.25) is 0 Å².